The van der Waals surface area contributed by atoms with E-state index >= 15 is 0 Å². The Hall–Kier alpha value is -3.28. The van der Waals surface area contributed by atoms with E-state index in [0.29, 0.717) is 10.6 Å². The minimum Gasteiger partial charge on any atom is -0.472 e. The second kappa shape index (κ2) is 6.90. The molecule has 0 saturated heterocycles. The van der Waals surface area contributed by atoms with Crippen LogP contribution in [0, 0.1) is 5.92 Å². The van der Waals surface area contributed by atoms with Crippen LogP contribution in [0.2, 0.25) is 0 Å². The molecule has 2 N–H and O–H groups in total. The van der Waals surface area contributed by atoms with Crippen LogP contribution in [0.15, 0.2) is 68.0 Å². The number of thiophene rings is 1. The predicted octanol–water partition coefficient (Wildman–Crippen LogP) is 2.40. The normalized spacial score (nSPS) is 19.7. The number of anilines is 2. The molecule has 152 valence electrons. The third kappa shape index (κ3) is 2.95. The molecule has 5 rings (SSSR count). The van der Waals surface area contributed by atoms with E-state index in [4.69, 9.17) is 4.42 Å². The molecule has 0 aliphatic carbocycles. The van der Waals surface area contributed by atoms with E-state index in [9.17, 15) is 18.0 Å². The summed E-state index contributed by atoms with van der Waals surface area (Å²) in [6, 6.07) is 9.62. The van der Waals surface area contributed by atoms with Crippen molar-refractivity contribution in [2.45, 2.75) is 11.4 Å². The Morgan fingerprint density at radius 2 is 2.03 bits per heavy atom. The maximum Gasteiger partial charge on any atom is 0.286 e. The van der Waals surface area contributed by atoms with Crippen LogP contribution in [-0.4, -0.2) is 25.9 Å². The highest BCUT2D eigenvalue weighted by atomic mass is 32.2. The van der Waals surface area contributed by atoms with Crippen molar-refractivity contribution in [3.63, 3.8) is 0 Å². The third-order valence-electron chi connectivity index (χ3n) is 4.78. The number of sulfonamides is 1. The van der Waals surface area contributed by atoms with Crippen LogP contribution in [-0.2, 0) is 21.4 Å². The number of benzene rings is 1. The van der Waals surface area contributed by atoms with E-state index < -0.39 is 27.6 Å². The highest BCUT2D eigenvalue weighted by Gasteiger charge is 2.45. The van der Waals surface area contributed by atoms with E-state index in [1.165, 1.54) is 34.9 Å². The monoisotopic (exact) mass is 442 g/mol. The van der Waals surface area contributed by atoms with Gasteiger partial charge in [0.15, 0.2) is 11.7 Å². The number of ketones is 1. The fourth-order valence-corrected chi connectivity index (χ4v) is 5.38. The Bertz CT molecular complexity index is 1290. The number of para-hydroxylation sites is 1. The first-order valence-corrected chi connectivity index (χ1v) is 11.2. The minimum atomic E-state index is -4.04. The Morgan fingerprint density at radius 1 is 1.20 bits per heavy atom. The lowest BCUT2D eigenvalue weighted by atomic mass is 9.95. The zero-order chi connectivity index (χ0) is 20.9. The number of nitrogens with one attached hydrogen (secondary N) is 2. The van der Waals surface area contributed by atoms with Gasteiger partial charge < -0.3 is 9.73 Å². The highest BCUT2D eigenvalue weighted by molar-refractivity contribution is 7.90. The summed E-state index contributed by atoms with van der Waals surface area (Å²) in [5.74, 6) is -2.73. The van der Waals surface area contributed by atoms with Gasteiger partial charge in [-0.3, -0.25) is 9.59 Å². The van der Waals surface area contributed by atoms with Gasteiger partial charge in [-0.25, -0.2) is 10.4 Å². The van der Waals surface area contributed by atoms with Crippen molar-refractivity contribution in [1.82, 2.24) is 5.43 Å². The Morgan fingerprint density at radius 3 is 2.83 bits per heavy atom. The van der Waals surface area contributed by atoms with Crippen molar-refractivity contribution >= 4 is 50.3 Å². The van der Waals surface area contributed by atoms with Crippen LogP contribution in [0.5, 0.6) is 0 Å². The lowest BCUT2D eigenvalue weighted by Crippen LogP contribution is -2.54. The molecule has 0 radical (unpaired) electrons. The molecule has 2 aromatic heterocycles. The molecule has 30 heavy (non-hydrogen) atoms. The number of hydrogen-bond acceptors (Lipinski definition) is 8. The molecule has 0 spiro atoms. The molecule has 1 unspecified atom stereocenters. The predicted molar refractivity (Wildman–Crippen MR) is 110 cm³/mol. The molecule has 2 aliphatic heterocycles. The maximum absolute atomic E-state index is 13.3. The largest absolute Gasteiger partial charge is 0.472 e. The summed E-state index contributed by atoms with van der Waals surface area (Å²) >= 11 is 1.18. The number of carbonyl (C=O) groups is 2. The zero-order valence-corrected chi connectivity index (χ0v) is 16.9. The molecule has 2 aliphatic rings. The van der Waals surface area contributed by atoms with Gasteiger partial charge in [-0.05, 0) is 29.6 Å². The molecule has 0 fully saturated rings. The lowest BCUT2D eigenvalue weighted by molar-refractivity contribution is -0.120. The number of furan rings is 1. The Kier molecular flexibility index (Phi) is 4.31. The number of hydrogen-bond donors (Lipinski definition) is 2. The summed E-state index contributed by atoms with van der Waals surface area (Å²) in [5.41, 5.74) is 4.50. The SMILES string of the molecule is O=C1c2sccc2N(NCc2ccoc2)C(=O)C1C1=NS(=O)(=O)c2ccccc2N1. The topological polar surface area (TPSA) is 121 Å². The minimum absolute atomic E-state index is 0.00351. The van der Waals surface area contributed by atoms with Gasteiger partial charge in [0.05, 0.1) is 28.8 Å². The van der Waals surface area contributed by atoms with E-state index in [-0.39, 0.29) is 23.0 Å². The van der Waals surface area contributed by atoms with Crippen LogP contribution >= 0.6 is 11.3 Å². The molecule has 4 heterocycles. The number of fused-ring (bicyclic) bond motifs is 2. The second-order valence-electron chi connectivity index (χ2n) is 6.65. The molecular formula is C19H14N4O5S2. The first-order chi connectivity index (χ1) is 14.5. The average molecular weight is 442 g/mol. The van der Waals surface area contributed by atoms with Crippen LogP contribution in [0.4, 0.5) is 11.4 Å². The molecular weight excluding hydrogens is 428 g/mol. The molecule has 11 heteroatoms. The first-order valence-electron chi connectivity index (χ1n) is 8.87. The van der Waals surface area contributed by atoms with Crippen molar-refractivity contribution in [3.05, 3.63) is 64.7 Å². The number of carbonyl (C=O) groups excluding carboxylic acids is 2. The van der Waals surface area contributed by atoms with Gasteiger partial charge in [-0.1, -0.05) is 12.1 Å². The second-order valence-corrected chi connectivity index (χ2v) is 9.13. The molecule has 0 saturated carbocycles. The first kappa shape index (κ1) is 18.7. The molecule has 9 nitrogen and oxygen atoms in total. The number of rotatable bonds is 4. The van der Waals surface area contributed by atoms with Gasteiger partial charge >= 0.3 is 0 Å². The van der Waals surface area contributed by atoms with Gasteiger partial charge in [0.2, 0.25) is 0 Å². The number of amides is 1. The van der Waals surface area contributed by atoms with Crippen LogP contribution < -0.4 is 15.8 Å². The van der Waals surface area contributed by atoms with Crippen molar-refractivity contribution in [3.8, 4) is 0 Å². The van der Waals surface area contributed by atoms with Crippen molar-refractivity contribution in [2.24, 2.45) is 10.3 Å². The third-order valence-corrected chi connectivity index (χ3v) is 7.05. The van der Waals surface area contributed by atoms with Gasteiger partial charge in [0, 0.05) is 12.1 Å². The van der Waals surface area contributed by atoms with Gasteiger partial charge in [-0.2, -0.15) is 8.42 Å². The fraction of sp³-hybridized carbons (Fsp3) is 0.105. The fourth-order valence-electron chi connectivity index (χ4n) is 3.38. The maximum atomic E-state index is 13.3. The smallest absolute Gasteiger partial charge is 0.286 e. The van der Waals surface area contributed by atoms with Gasteiger partial charge in [0.25, 0.3) is 15.9 Å². The van der Waals surface area contributed by atoms with E-state index in [1.54, 1.807) is 35.7 Å². The molecule has 3 aromatic rings. The van der Waals surface area contributed by atoms with E-state index in [2.05, 4.69) is 15.1 Å². The van der Waals surface area contributed by atoms with Crippen LogP contribution in [0.25, 0.3) is 0 Å². The van der Waals surface area contributed by atoms with Crippen LogP contribution in [0.3, 0.4) is 0 Å². The zero-order valence-electron chi connectivity index (χ0n) is 15.2. The number of Topliss-reactive ketones (excluding diaryl/α,β-unsaturated/α-hetero) is 1. The summed E-state index contributed by atoms with van der Waals surface area (Å²) in [6.07, 6.45) is 3.05. The van der Waals surface area contributed by atoms with E-state index in [1.807, 2.05) is 0 Å². The summed E-state index contributed by atoms with van der Waals surface area (Å²) < 4.78 is 34.0. The Labute approximate surface area is 175 Å². The molecule has 0 bridgehead atoms. The molecule has 1 aromatic carbocycles. The number of nitrogens with zero attached hydrogens (tertiary/aromatic N) is 2. The van der Waals surface area contributed by atoms with Crippen molar-refractivity contribution in [2.75, 3.05) is 10.3 Å². The van der Waals surface area contributed by atoms with Crippen LogP contribution in [0.1, 0.15) is 15.2 Å². The van der Waals surface area contributed by atoms with E-state index in [0.717, 1.165) is 5.56 Å². The van der Waals surface area contributed by atoms with Gasteiger partial charge in [-0.15, -0.1) is 15.7 Å². The standard InChI is InChI=1S/C19H14N4O5S2/c24-16-15(18-21-12-3-1-2-4-14(12)30(26,27)22-18)19(25)23(13-6-8-29-17(13)16)20-9-11-5-7-28-10-11/h1-8,10,15,20H,9H2,(H,21,22). The highest BCUT2D eigenvalue weighted by Crippen LogP contribution is 2.36. The lowest BCUT2D eigenvalue weighted by Gasteiger charge is -2.32. The number of hydrazine groups is 1. The Balaban J connectivity index is 1.54. The van der Waals surface area contributed by atoms with Crippen molar-refractivity contribution < 1.29 is 22.4 Å². The van der Waals surface area contributed by atoms with Crippen molar-refractivity contribution in [1.29, 1.82) is 0 Å². The summed E-state index contributed by atoms with van der Waals surface area (Å²) in [7, 11) is -4.04. The quantitative estimate of drug-likeness (QED) is 0.595. The molecule has 1 amide bonds. The average Bonchev–Trinajstić information content (AvgIpc) is 3.40. The summed E-state index contributed by atoms with van der Waals surface area (Å²) in [6.45, 7) is 0.277. The van der Waals surface area contributed by atoms with Gasteiger partial charge in [0.1, 0.15) is 10.7 Å². The summed E-state index contributed by atoms with van der Waals surface area (Å²) in [5, 5.41) is 5.83. The summed E-state index contributed by atoms with van der Waals surface area (Å²) in [4.78, 5) is 26.7. The molecule has 1 atom stereocenters. The number of amidine groups is 1.